The van der Waals surface area contributed by atoms with E-state index in [-0.39, 0.29) is 61.4 Å². The number of carbonyl (C=O) groups excluding carboxylic acids is 2. The number of nitrogens with one attached hydrogen (secondary N) is 2. The fourth-order valence-corrected chi connectivity index (χ4v) is 4.03. The van der Waals surface area contributed by atoms with Gasteiger partial charge in [0.1, 0.15) is 11.9 Å². The molecule has 3 rings (SSSR count). The number of benzene rings is 1. The van der Waals surface area contributed by atoms with Gasteiger partial charge in [0.05, 0.1) is 12.6 Å². The van der Waals surface area contributed by atoms with E-state index in [1.54, 1.807) is 18.2 Å². The molecule has 2 aliphatic rings. The Hall–Kier alpha value is -0.960. The Morgan fingerprint density at radius 1 is 1.17 bits per heavy atom. The molecule has 7 nitrogen and oxygen atoms in total. The first-order chi connectivity index (χ1) is 12.9. The number of hydrogen-bond acceptors (Lipinski definition) is 5. The molecule has 1 aromatic rings. The van der Waals surface area contributed by atoms with Crippen molar-refractivity contribution in [2.45, 2.75) is 37.5 Å². The first-order valence-electron chi connectivity index (χ1n) is 9.09. The lowest BCUT2D eigenvalue weighted by Crippen LogP contribution is -2.48. The number of piperidine rings is 1. The molecule has 0 radical (unpaired) electrons. The van der Waals surface area contributed by atoms with E-state index in [0.717, 1.165) is 12.8 Å². The Labute approximate surface area is 192 Å². The van der Waals surface area contributed by atoms with E-state index < -0.39 is 0 Å². The lowest BCUT2D eigenvalue weighted by molar-refractivity contribution is -0.135. The average molecular weight is 488 g/mol. The van der Waals surface area contributed by atoms with Gasteiger partial charge in [0.15, 0.2) is 0 Å². The lowest BCUT2D eigenvalue weighted by Gasteiger charge is -2.33. The van der Waals surface area contributed by atoms with Gasteiger partial charge < -0.3 is 26.0 Å². The summed E-state index contributed by atoms with van der Waals surface area (Å²) in [5.41, 5.74) is 5.31. The molecule has 2 heterocycles. The van der Waals surface area contributed by atoms with Crippen molar-refractivity contribution >= 4 is 59.8 Å². The van der Waals surface area contributed by atoms with Crippen LogP contribution >= 0.6 is 48.0 Å². The molecule has 2 atom stereocenters. The van der Waals surface area contributed by atoms with Crippen LogP contribution in [0.3, 0.4) is 0 Å². The molecule has 4 N–H and O–H groups in total. The summed E-state index contributed by atoms with van der Waals surface area (Å²) in [7, 11) is 0. The molecule has 29 heavy (non-hydrogen) atoms. The number of halogens is 4. The normalized spacial score (nSPS) is 21.7. The van der Waals surface area contributed by atoms with Crippen LogP contribution in [0.15, 0.2) is 18.2 Å². The average Bonchev–Trinajstić information content (AvgIpc) is 3.09. The Kier molecular flexibility index (Phi) is 10.8. The summed E-state index contributed by atoms with van der Waals surface area (Å²) in [5.74, 6) is 0.519. The summed E-state index contributed by atoms with van der Waals surface area (Å²) in [4.78, 5) is 25.9. The molecule has 1 aromatic carbocycles. The highest BCUT2D eigenvalue weighted by atomic mass is 35.5. The second kappa shape index (κ2) is 12.0. The van der Waals surface area contributed by atoms with Crippen LogP contribution in [-0.2, 0) is 9.59 Å². The number of nitrogens with zero attached hydrogens (tertiary/aromatic N) is 1. The van der Waals surface area contributed by atoms with Gasteiger partial charge in [-0.1, -0.05) is 23.2 Å². The Balaban J connectivity index is 0.00000210. The van der Waals surface area contributed by atoms with Gasteiger partial charge in [0, 0.05) is 48.6 Å². The van der Waals surface area contributed by atoms with Crippen LogP contribution in [0.2, 0.25) is 10.0 Å². The second-order valence-electron chi connectivity index (χ2n) is 6.91. The fourth-order valence-electron chi connectivity index (χ4n) is 3.52. The molecule has 0 aliphatic carbocycles. The third-order valence-electron chi connectivity index (χ3n) is 4.87. The highest BCUT2D eigenvalue weighted by Gasteiger charge is 2.34. The van der Waals surface area contributed by atoms with E-state index in [1.807, 2.05) is 4.90 Å². The predicted molar refractivity (Wildman–Crippen MR) is 119 cm³/mol. The summed E-state index contributed by atoms with van der Waals surface area (Å²) in [6.07, 6.45) is 2.10. The molecule has 2 saturated heterocycles. The molecule has 11 heteroatoms. The Morgan fingerprint density at radius 2 is 1.79 bits per heavy atom. The van der Waals surface area contributed by atoms with Gasteiger partial charge in [0.2, 0.25) is 11.8 Å². The maximum Gasteiger partial charge on any atom is 0.239 e. The van der Waals surface area contributed by atoms with Crippen LogP contribution in [0.5, 0.6) is 5.75 Å². The van der Waals surface area contributed by atoms with E-state index in [2.05, 4.69) is 10.6 Å². The topological polar surface area (TPSA) is 96.7 Å². The maximum atomic E-state index is 12.7. The zero-order valence-corrected chi connectivity index (χ0v) is 18.9. The van der Waals surface area contributed by atoms with Crippen molar-refractivity contribution in [3.63, 3.8) is 0 Å². The van der Waals surface area contributed by atoms with Crippen LogP contribution in [0.25, 0.3) is 0 Å². The number of amides is 2. The van der Waals surface area contributed by atoms with E-state index in [4.69, 9.17) is 33.7 Å². The number of likely N-dealkylation sites (tertiary alicyclic amines) is 1. The molecular weight excluding hydrogens is 462 g/mol. The lowest BCUT2D eigenvalue weighted by atomic mass is 10.1. The molecule has 0 saturated carbocycles. The second-order valence-corrected chi connectivity index (χ2v) is 7.79. The SMILES string of the molecule is Cl.Cl.NCC(=O)NC1CN[C@@H](C(=O)N2CCC(Oc3cc(Cl)cc(Cl)c3)CC2)C1. The standard InChI is InChI=1S/C18H24Cl2N4O3.2ClH/c19-11-5-12(20)7-15(6-11)27-14-1-3-24(4-2-14)18(26)16-8-13(10-22-16)23-17(25)9-21;;/h5-7,13-14,16,22H,1-4,8-10,21H2,(H,23,25);2*1H/t13?,16-;;/m1../s1. The van der Waals surface area contributed by atoms with Crippen molar-refractivity contribution in [1.29, 1.82) is 0 Å². The van der Waals surface area contributed by atoms with Crippen molar-refractivity contribution < 1.29 is 14.3 Å². The van der Waals surface area contributed by atoms with Crippen molar-refractivity contribution in [2.24, 2.45) is 5.73 Å². The molecule has 1 unspecified atom stereocenters. The van der Waals surface area contributed by atoms with Gasteiger partial charge in [0.25, 0.3) is 0 Å². The molecule has 0 spiro atoms. The minimum atomic E-state index is -0.266. The Bertz CT molecular complexity index is 681. The van der Waals surface area contributed by atoms with E-state index in [9.17, 15) is 9.59 Å². The molecule has 164 valence electrons. The predicted octanol–water partition coefficient (Wildman–Crippen LogP) is 2.01. The molecule has 2 fully saturated rings. The van der Waals surface area contributed by atoms with Gasteiger partial charge in [-0.15, -0.1) is 24.8 Å². The summed E-state index contributed by atoms with van der Waals surface area (Å²) in [6.45, 7) is 1.81. The number of ether oxygens (including phenoxy) is 1. The zero-order valence-electron chi connectivity index (χ0n) is 15.7. The monoisotopic (exact) mass is 486 g/mol. The zero-order chi connectivity index (χ0) is 19.4. The molecular formula is C18H26Cl4N4O3. The summed E-state index contributed by atoms with van der Waals surface area (Å²) >= 11 is 12.0. The minimum Gasteiger partial charge on any atom is -0.490 e. The molecule has 0 bridgehead atoms. The van der Waals surface area contributed by atoms with Crippen LogP contribution in [-0.4, -0.2) is 61.1 Å². The maximum absolute atomic E-state index is 12.7. The quantitative estimate of drug-likeness (QED) is 0.590. The number of hydrogen-bond donors (Lipinski definition) is 3. The fraction of sp³-hybridized carbons (Fsp3) is 0.556. The summed E-state index contributed by atoms with van der Waals surface area (Å²) in [5, 5.41) is 7.08. The van der Waals surface area contributed by atoms with Gasteiger partial charge in [-0.3, -0.25) is 9.59 Å². The number of rotatable bonds is 5. The summed E-state index contributed by atoms with van der Waals surface area (Å²) < 4.78 is 5.96. The van der Waals surface area contributed by atoms with Crippen molar-refractivity contribution in [3.05, 3.63) is 28.2 Å². The van der Waals surface area contributed by atoms with Crippen molar-refractivity contribution in [1.82, 2.24) is 15.5 Å². The van der Waals surface area contributed by atoms with Crippen LogP contribution in [0.4, 0.5) is 0 Å². The van der Waals surface area contributed by atoms with Gasteiger partial charge in [-0.05, 0) is 24.6 Å². The van der Waals surface area contributed by atoms with Crippen LogP contribution in [0, 0.1) is 0 Å². The number of nitrogens with two attached hydrogens (primary N) is 1. The van der Waals surface area contributed by atoms with Crippen molar-refractivity contribution in [3.8, 4) is 5.75 Å². The largest absolute Gasteiger partial charge is 0.490 e. The van der Waals surface area contributed by atoms with Crippen LogP contribution in [0.1, 0.15) is 19.3 Å². The molecule has 0 aromatic heterocycles. The van der Waals surface area contributed by atoms with E-state index in [0.29, 0.717) is 41.8 Å². The van der Waals surface area contributed by atoms with E-state index >= 15 is 0 Å². The highest BCUT2D eigenvalue weighted by molar-refractivity contribution is 6.34. The molecule has 2 amide bonds. The first kappa shape index (κ1) is 26.1. The summed E-state index contributed by atoms with van der Waals surface area (Å²) in [6, 6.07) is 4.82. The minimum absolute atomic E-state index is 0. The third kappa shape index (κ3) is 7.35. The van der Waals surface area contributed by atoms with Gasteiger partial charge in [-0.25, -0.2) is 0 Å². The van der Waals surface area contributed by atoms with Crippen molar-refractivity contribution in [2.75, 3.05) is 26.2 Å². The van der Waals surface area contributed by atoms with E-state index in [1.165, 1.54) is 0 Å². The van der Waals surface area contributed by atoms with Crippen LogP contribution < -0.4 is 21.1 Å². The highest BCUT2D eigenvalue weighted by Crippen LogP contribution is 2.27. The smallest absolute Gasteiger partial charge is 0.239 e. The Morgan fingerprint density at radius 3 is 2.38 bits per heavy atom. The molecule has 2 aliphatic heterocycles. The van der Waals surface area contributed by atoms with Gasteiger partial charge >= 0.3 is 0 Å². The van der Waals surface area contributed by atoms with Gasteiger partial charge in [-0.2, -0.15) is 0 Å². The number of carbonyl (C=O) groups is 2. The third-order valence-corrected chi connectivity index (χ3v) is 5.31. The first-order valence-corrected chi connectivity index (χ1v) is 9.84.